The minimum Gasteiger partial charge on any atom is -0.379 e. The number of rotatable bonds is 8. The number of ketones is 2. The molecule has 2 atom stereocenters. The van der Waals surface area contributed by atoms with Gasteiger partial charge < -0.3 is 24.9 Å². The van der Waals surface area contributed by atoms with Crippen LogP contribution in [0.3, 0.4) is 0 Å². The first-order valence-corrected chi connectivity index (χ1v) is 13.1. The van der Waals surface area contributed by atoms with Gasteiger partial charge in [0.25, 0.3) is 0 Å². The first-order valence-electron chi connectivity index (χ1n) is 13.1. The fourth-order valence-corrected chi connectivity index (χ4v) is 5.12. The van der Waals surface area contributed by atoms with E-state index in [1.54, 1.807) is 0 Å². The molecule has 0 bridgehead atoms. The van der Waals surface area contributed by atoms with Crippen molar-refractivity contribution in [1.29, 1.82) is 0 Å². The van der Waals surface area contributed by atoms with Crippen molar-refractivity contribution in [2.45, 2.75) is 39.0 Å². The van der Waals surface area contributed by atoms with Gasteiger partial charge in [0.1, 0.15) is 11.6 Å². The van der Waals surface area contributed by atoms with Gasteiger partial charge in [-0.2, -0.15) is 0 Å². The lowest BCUT2D eigenvalue weighted by molar-refractivity contribution is -0.121. The monoisotopic (exact) mass is 482 g/mol. The second-order valence-corrected chi connectivity index (χ2v) is 9.69. The zero-order valence-electron chi connectivity index (χ0n) is 21.3. The summed E-state index contributed by atoms with van der Waals surface area (Å²) in [4.78, 5) is 32.2. The number of ether oxygens (including phenoxy) is 2. The van der Waals surface area contributed by atoms with Crippen LogP contribution >= 0.6 is 0 Å². The molecule has 4 heterocycles. The third-order valence-corrected chi connectivity index (χ3v) is 6.94. The molecule has 4 rings (SSSR count). The summed E-state index contributed by atoms with van der Waals surface area (Å²) in [6.07, 6.45) is 2.12. The third-order valence-electron chi connectivity index (χ3n) is 6.94. The Kier molecular flexibility index (Phi) is 12.3. The number of Topliss-reactive ketones (excluding diaryl/α,β-unsaturated/α-hetero) is 2. The SMILES string of the molecule is CC(C)=O.O=C(CCN1CCNCC1N1CCOCC1)CCN1CCNCC1N1CCOCC1. The molecule has 10 nitrogen and oxygen atoms in total. The molecule has 0 aromatic heterocycles. The number of hydrogen-bond donors (Lipinski definition) is 2. The Morgan fingerprint density at radius 1 is 0.706 bits per heavy atom. The average molecular weight is 483 g/mol. The van der Waals surface area contributed by atoms with Crippen LogP contribution in [0.4, 0.5) is 0 Å². The minimum atomic E-state index is 0.167. The van der Waals surface area contributed by atoms with Crippen molar-refractivity contribution in [2.24, 2.45) is 0 Å². The van der Waals surface area contributed by atoms with Gasteiger partial charge in [-0.1, -0.05) is 0 Å². The average Bonchev–Trinajstić information content (AvgIpc) is 2.87. The summed E-state index contributed by atoms with van der Waals surface area (Å²) in [5.41, 5.74) is 0. The molecule has 10 heteroatoms. The summed E-state index contributed by atoms with van der Waals surface area (Å²) in [6.45, 7) is 18.1. The normalized spacial score (nSPS) is 28.2. The number of morpholine rings is 2. The van der Waals surface area contributed by atoms with Crippen molar-refractivity contribution >= 4 is 11.6 Å². The predicted molar refractivity (Wildman–Crippen MR) is 132 cm³/mol. The molecule has 4 saturated heterocycles. The van der Waals surface area contributed by atoms with E-state index in [9.17, 15) is 9.59 Å². The van der Waals surface area contributed by atoms with E-state index in [0.717, 1.165) is 105 Å². The molecular formula is C24H46N6O4. The summed E-state index contributed by atoms with van der Waals surface area (Å²) < 4.78 is 11.0. The van der Waals surface area contributed by atoms with E-state index in [0.29, 0.717) is 31.0 Å². The van der Waals surface area contributed by atoms with Crippen LogP contribution < -0.4 is 10.6 Å². The van der Waals surface area contributed by atoms with Crippen molar-refractivity contribution < 1.29 is 19.1 Å². The standard InChI is InChI=1S/C21H40N6O3.C3H6O/c28-19(1-5-24-7-3-22-17-20(24)26-9-13-29-14-10-26)2-6-25-8-4-23-18-21(25)27-11-15-30-16-12-27;1-3(2)4/h20-23H,1-18H2;1-2H3. The molecule has 0 aliphatic carbocycles. The zero-order valence-corrected chi connectivity index (χ0v) is 21.3. The molecule has 0 aromatic rings. The van der Waals surface area contributed by atoms with E-state index in [2.05, 4.69) is 30.2 Å². The van der Waals surface area contributed by atoms with Crippen LogP contribution in [-0.4, -0.2) is 148 Å². The minimum absolute atomic E-state index is 0.167. The fraction of sp³-hybridized carbons (Fsp3) is 0.917. The maximum Gasteiger partial charge on any atom is 0.135 e. The van der Waals surface area contributed by atoms with Gasteiger partial charge in [0, 0.05) is 91.4 Å². The number of carbonyl (C=O) groups excluding carboxylic acids is 2. The molecule has 0 aromatic carbocycles. The van der Waals surface area contributed by atoms with E-state index < -0.39 is 0 Å². The highest BCUT2D eigenvalue weighted by Crippen LogP contribution is 2.14. The lowest BCUT2D eigenvalue weighted by Crippen LogP contribution is -2.61. The maximum absolute atomic E-state index is 12.7. The van der Waals surface area contributed by atoms with E-state index in [1.165, 1.54) is 13.8 Å². The van der Waals surface area contributed by atoms with Gasteiger partial charge >= 0.3 is 0 Å². The first kappa shape index (κ1) is 27.6. The molecule has 34 heavy (non-hydrogen) atoms. The Bertz CT molecular complexity index is 564. The van der Waals surface area contributed by atoms with Gasteiger partial charge in [0.15, 0.2) is 0 Å². The topological polar surface area (TPSA) is 89.6 Å². The van der Waals surface area contributed by atoms with Gasteiger partial charge in [-0.15, -0.1) is 0 Å². The quantitative estimate of drug-likeness (QED) is 0.452. The molecule has 2 N–H and O–H groups in total. The van der Waals surface area contributed by atoms with Crippen LogP contribution in [0, 0.1) is 0 Å². The largest absolute Gasteiger partial charge is 0.379 e. The van der Waals surface area contributed by atoms with Gasteiger partial charge in [-0.3, -0.25) is 24.4 Å². The summed E-state index contributed by atoms with van der Waals surface area (Å²) in [5.74, 6) is 0.563. The molecule has 0 radical (unpaired) electrons. The zero-order chi connectivity index (χ0) is 24.2. The van der Waals surface area contributed by atoms with E-state index >= 15 is 0 Å². The second kappa shape index (κ2) is 15.2. The number of nitrogens with zero attached hydrogens (tertiary/aromatic N) is 4. The lowest BCUT2D eigenvalue weighted by atomic mass is 10.1. The van der Waals surface area contributed by atoms with E-state index in [1.807, 2.05) is 0 Å². The maximum atomic E-state index is 12.7. The summed E-state index contributed by atoms with van der Waals surface area (Å²) in [5, 5.41) is 7.04. The van der Waals surface area contributed by atoms with Crippen molar-refractivity contribution in [3.63, 3.8) is 0 Å². The van der Waals surface area contributed by atoms with Gasteiger partial charge in [-0.25, -0.2) is 0 Å². The van der Waals surface area contributed by atoms with Gasteiger partial charge in [0.2, 0.25) is 0 Å². The van der Waals surface area contributed by atoms with Crippen LogP contribution in [0.25, 0.3) is 0 Å². The molecule has 4 aliphatic rings. The number of carbonyl (C=O) groups is 2. The summed E-state index contributed by atoms with van der Waals surface area (Å²) in [6, 6.07) is 0. The number of hydrogen-bond acceptors (Lipinski definition) is 10. The van der Waals surface area contributed by atoms with Crippen molar-refractivity contribution in [3.05, 3.63) is 0 Å². The highest BCUT2D eigenvalue weighted by molar-refractivity contribution is 5.78. The van der Waals surface area contributed by atoms with Crippen LogP contribution in [0.1, 0.15) is 26.7 Å². The van der Waals surface area contributed by atoms with Crippen molar-refractivity contribution in [1.82, 2.24) is 30.2 Å². The second-order valence-electron chi connectivity index (χ2n) is 9.69. The van der Waals surface area contributed by atoms with Crippen LogP contribution in [0.15, 0.2) is 0 Å². The third kappa shape index (κ3) is 9.23. The molecule has 2 unspecified atom stereocenters. The Labute approximate surface area is 205 Å². The van der Waals surface area contributed by atoms with Gasteiger partial charge in [0.05, 0.1) is 38.8 Å². The molecule has 4 aliphatic heterocycles. The Balaban J connectivity index is 0.000000751. The molecule has 196 valence electrons. The van der Waals surface area contributed by atoms with E-state index in [-0.39, 0.29) is 5.78 Å². The Morgan fingerprint density at radius 2 is 1.09 bits per heavy atom. The van der Waals surface area contributed by atoms with Crippen LogP contribution in [0.5, 0.6) is 0 Å². The van der Waals surface area contributed by atoms with Crippen molar-refractivity contribution in [2.75, 3.05) is 105 Å². The van der Waals surface area contributed by atoms with Crippen LogP contribution in [-0.2, 0) is 19.1 Å². The molecular weight excluding hydrogens is 436 g/mol. The highest BCUT2D eigenvalue weighted by atomic mass is 16.5. The van der Waals surface area contributed by atoms with Crippen molar-refractivity contribution in [3.8, 4) is 0 Å². The molecule has 4 fully saturated rings. The number of nitrogens with one attached hydrogen (secondary N) is 2. The smallest absolute Gasteiger partial charge is 0.135 e. The van der Waals surface area contributed by atoms with E-state index in [4.69, 9.17) is 9.47 Å². The molecule has 0 spiro atoms. The molecule has 0 amide bonds. The molecule has 0 saturated carbocycles. The van der Waals surface area contributed by atoms with Gasteiger partial charge in [-0.05, 0) is 13.8 Å². The fourth-order valence-electron chi connectivity index (χ4n) is 5.12. The number of piperazine rings is 2. The Morgan fingerprint density at radius 3 is 1.47 bits per heavy atom. The predicted octanol–water partition coefficient (Wildman–Crippen LogP) is -0.942. The lowest BCUT2D eigenvalue weighted by Gasteiger charge is -2.44. The Hall–Kier alpha value is -0.980. The summed E-state index contributed by atoms with van der Waals surface area (Å²) in [7, 11) is 0. The van der Waals surface area contributed by atoms with Crippen LogP contribution in [0.2, 0.25) is 0 Å². The first-order chi connectivity index (χ1) is 16.5. The summed E-state index contributed by atoms with van der Waals surface area (Å²) >= 11 is 0. The highest BCUT2D eigenvalue weighted by Gasteiger charge is 2.30.